The first-order chi connectivity index (χ1) is 14.6. The van der Waals surface area contributed by atoms with Crippen molar-refractivity contribution in [1.29, 1.82) is 0 Å². The average Bonchev–Trinajstić information content (AvgIpc) is 2.72. The molecule has 1 unspecified atom stereocenters. The quantitative estimate of drug-likeness (QED) is 0.160. The molecule has 1 atom stereocenters. The van der Waals surface area contributed by atoms with Crippen LogP contribution in [0.3, 0.4) is 0 Å². The molecule has 0 spiro atoms. The Morgan fingerprint density at radius 2 is 1.64 bits per heavy atom. The molecule has 0 aromatic carbocycles. The number of halogens is 6. The Morgan fingerprint density at radius 1 is 1.03 bits per heavy atom. The normalized spacial score (nSPS) is 13.9. The maximum atomic E-state index is 11.3. The van der Waals surface area contributed by atoms with Crippen molar-refractivity contribution in [3.8, 4) is 0 Å². The molecule has 0 saturated carbocycles. The summed E-state index contributed by atoms with van der Waals surface area (Å²) in [6.07, 6.45) is 5.47. The molecule has 0 radical (unpaired) electrons. The van der Waals surface area contributed by atoms with E-state index in [1.807, 2.05) is 30.3 Å². The molecule has 0 amide bonds. The monoisotopic (exact) mass is 680 g/mol. The molecular weight excluding hydrogens is 661 g/mol. The van der Waals surface area contributed by atoms with Gasteiger partial charge in [-0.05, 0) is 75.7 Å². The van der Waals surface area contributed by atoms with Gasteiger partial charge in [0, 0.05) is 39.6 Å². The summed E-state index contributed by atoms with van der Waals surface area (Å²) in [6.45, 7) is 0. The standard InChI is InChI=1S/C9H8BrClN2.C9H7BrN2O.2CH4.Cl3OP/c10-5-7-4-6-2-1-3-12-9(6)13-8(7)11;10-5-7-4-6-2-1-3-11-8(6)12-9(7)13;;;1-5(2,3)4/h1-4,8H,5H2,(H,12,13);1-4H,5H2,(H,11,12,13);2*1H4;. The van der Waals surface area contributed by atoms with Crippen LogP contribution < -0.4 is 10.9 Å². The Labute approximate surface area is 229 Å². The first-order valence-electron chi connectivity index (χ1n) is 8.46. The largest absolute Gasteiger partial charge is 0.350 e. The topological polar surface area (TPSA) is 87.7 Å². The fraction of sp³-hybridized carbons (Fsp3) is 0.250. The molecule has 4 rings (SSSR count). The minimum absolute atomic E-state index is 0. The Bertz CT molecular complexity index is 1170. The maximum Gasteiger partial charge on any atom is 0.339 e. The molecule has 6 nitrogen and oxygen atoms in total. The first kappa shape index (κ1) is 32.4. The highest BCUT2D eigenvalue weighted by atomic mass is 79.9. The van der Waals surface area contributed by atoms with Gasteiger partial charge in [-0.2, -0.15) is 0 Å². The van der Waals surface area contributed by atoms with Gasteiger partial charge >= 0.3 is 5.20 Å². The number of alkyl halides is 3. The second-order valence-electron chi connectivity index (χ2n) is 5.90. The van der Waals surface area contributed by atoms with Crippen molar-refractivity contribution < 1.29 is 4.57 Å². The lowest BCUT2D eigenvalue weighted by molar-refractivity contribution is 0.600. The third-order valence-electron chi connectivity index (χ3n) is 3.76. The molecule has 0 bridgehead atoms. The Hall–Kier alpha value is -0.600. The van der Waals surface area contributed by atoms with Gasteiger partial charge in [-0.3, -0.25) is 9.36 Å². The smallest absolute Gasteiger partial charge is 0.339 e. The second-order valence-corrected chi connectivity index (χ2v) is 14.1. The van der Waals surface area contributed by atoms with Gasteiger partial charge in [0.05, 0.1) is 0 Å². The Morgan fingerprint density at radius 3 is 2.24 bits per heavy atom. The van der Waals surface area contributed by atoms with Crippen molar-refractivity contribution in [3.63, 3.8) is 0 Å². The average molecular weight is 684 g/mol. The van der Waals surface area contributed by atoms with Gasteiger partial charge in [-0.1, -0.05) is 58.3 Å². The molecule has 13 heteroatoms. The Kier molecular flexibility index (Phi) is 15.1. The van der Waals surface area contributed by atoms with Crippen LogP contribution in [0.5, 0.6) is 0 Å². The molecule has 0 aliphatic carbocycles. The van der Waals surface area contributed by atoms with E-state index < -0.39 is 5.20 Å². The van der Waals surface area contributed by atoms with Crippen LogP contribution in [0, 0.1) is 0 Å². The number of pyridine rings is 3. The molecule has 3 aromatic heterocycles. The van der Waals surface area contributed by atoms with Crippen LogP contribution in [-0.2, 0) is 9.90 Å². The molecule has 0 fully saturated rings. The number of fused-ring (bicyclic) bond motifs is 2. The van der Waals surface area contributed by atoms with Crippen molar-refractivity contribution in [2.45, 2.75) is 25.7 Å². The molecule has 1 aliphatic heterocycles. The predicted octanol–water partition coefficient (Wildman–Crippen LogP) is 8.75. The van der Waals surface area contributed by atoms with E-state index in [9.17, 15) is 9.36 Å². The summed E-state index contributed by atoms with van der Waals surface area (Å²) in [5.41, 5.74) is 3.35. The zero-order valence-electron chi connectivity index (χ0n) is 15.5. The van der Waals surface area contributed by atoms with E-state index in [1.54, 1.807) is 12.4 Å². The third kappa shape index (κ3) is 11.1. The van der Waals surface area contributed by atoms with Crippen LogP contribution >= 0.6 is 82.4 Å². The van der Waals surface area contributed by atoms with Gasteiger partial charge in [0.25, 0.3) is 5.56 Å². The minimum atomic E-state index is -3.22. The minimum Gasteiger partial charge on any atom is -0.350 e. The zero-order chi connectivity index (χ0) is 23.0. The fourth-order valence-corrected chi connectivity index (χ4v) is 3.76. The van der Waals surface area contributed by atoms with Crippen LogP contribution in [0.15, 0.2) is 53.1 Å². The van der Waals surface area contributed by atoms with Gasteiger partial charge < -0.3 is 10.3 Å². The summed E-state index contributed by atoms with van der Waals surface area (Å²) in [5, 5.41) is 2.19. The van der Waals surface area contributed by atoms with Crippen LogP contribution in [-0.4, -0.2) is 25.8 Å². The molecule has 3 aromatic rings. The van der Waals surface area contributed by atoms with Crippen molar-refractivity contribution in [3.05, 3.63) is 69.8 Å². The van der Waals surface area contributed by atoms with Crippen LogP contribution in [0.4, 0.5) is 5.82 Å². The SMILES string of the molecule is C.C.ClC1Nc2ncccc2C=C1CBr.O=P(Cl)(Cl)Cl.O=c1[nH]c2ncccc2cc1CBr. The lowest BCUT2D eigenvalue weighted by Gasteiger charge is -2.21. The van der Waals surface area contributed by atoms with E-state index in [-0.39, 0.29) is 25.9 Å². The molecule has 182 valence electrons. The molecule has 0 saturated heterocycles. The van der Waals surface area contributed by atoms with E-state index in [0.29, 0.717) is 11.0 Å². The summed E-state index contributed by atoms with van der Waals surface area (Å²) in [7, 11) is 0. The number of hydrogen-bond donors (Lipinski definition) is 2. The number of anilines is 1. The van der Waals surface area contributed by atoms with Crippen molar-refractivity contribution >= 4 is 105 Å². The van der Waals surface area contributed by atoms with Crippen molar-refractivity contribution in [2.75, 3.05) is 10.6 Å². The van der Waals surface area contributed by atoms with Crippen molar-refractivity contribution in [2.24, 2.45) is 0 Å². The second kappa shape index (κ2) is 15.4. The van der Waals surface area contributed by atoms with E-state index in [0.717, 1.165) is 33.2 Å². The summed E-state index contributed by atoms with van der Waals surface area (Å²) < 4.78 is 9.51. The van der Waals surface area contributed by atoms with E-state index in [4.69, 9.17) is 11.6 Å². The number of nitrogens with zero attached hydrogens (tertiary/aromatic N) is 2. The first-order valence-corrected chi connectivity index (χ1v) is 15.6. The molecule has 4 heterocycles. The third-order valence-corrected chi connectivity index (χ3v) is 5.40. The van der Waals surface area contributed by atoms with Crippen molar-refractivity contribution in [1.82, 2.24) is 15.0 Å². The fourth-order valence-electron chi connectivity index (χ4n) is 2.43. The molecular formula is C20H23Br2Cl4N4O2P. The predicted molar refractivity (Wildman–Crippen MR) is 153 cm³/mol. The number of hydrogen-bond acceptors (Lipinski definition) is 5. The number of H-pyrrole nitrogens is 1. The summed E-state index contributed by atoms with van der Waals surface area (Å²) >= 11 is 26.6. The highest BCUT2D eigenvalue weighted by Gasteiger charge is 2.17. The van der Waals surface area contributed by atoms with Gasteiger partial charge in [-0.15, -0.1) is 0 Å². The highest BCUT2D eigenvalue weighted by Crippen LogP contribution is 2.61. The zero-order valence-corrected chi connectivity index (χ0v) is 22.6. The van der Waals surface area contributed by atoms with Gasteiger partial charge in [0.1, 0.15) is 17.0 Å². The number of nitrogens with one attached hydrogen (secondary N) is 2. The summed E-state index contributed by atoms with van der Waals surface area (Å²) in [6, 6.07) is 9.54. The Balaban J connectivity index is 0.000000494. The molecule has 1 aliphatic rings. The highest BCUT2D eigenvalue weighted by molar-refractivity contribution is 9.09. The van der Waals surface area contributed by atoms with E-state index in [2.05, 4.69) is 91.9 Å². The van der Waals surface area contributed by atoms with Gasteiger partial charge in [0.2, 0.25) is 0 Å². The van der Waals surface area contributed by atoms with Crippen LogP contribution in [0.25, 0.3) is 17.1 Å². The molecule has 2 N–H and O–H groups in total. The van der Waals surface area contributed by atoms with E-state index in [1.165, 1.54) is 0 Å². The lowest BCUT2D eigenvalue weighted by atomic mass is 10.1. The molecule has 33 heavy (non-hydrogen) atoms. The summed E-state index contributed by atoms with van der Waals surface area (Å²) in [4.78, 5) is 22.3. The lowest BCUT2D eigenvalue weighted by Crippen LogP contribution is -2.20. The van der Waals surface area contributed by atoms with E-state index >= 15 is 0 Å². The maximum absolute atomic E-state index is 11.3. The van der Waals surface area contributed by atoms with Crippen LogP contribution in [0.1, 0.15) is 26.0 Å². The summed E-state index contributed by atoms with van der Waals surface area (Å²) in [5.74, 6) is 0.854. The van der Waals surface area contributed by atoms with Gasteiger partial charge in [0.15, 0.2) is 0 Å². The number of rotatable bonds is 2. The number of aromatic amines is 1. The van der Waals surface area contributed by atoms with Gasteiger partial charge in [-0.25, -0.2) is 9.97 Å². The number of aromatic nitrogens is 3. The van der Waals surface area contributed by atoms with Crippen LogP contribution in [0.2, 0.25) is 0 Å².